The molecule has 1 heterocycles. The highest BCUT2D eigenvalue weighted by Gasteiger charge is 2.10. The summed E-state index contributed by atoms with van der Waals surface area (Å²) in [5.41, 5.74) is 4.55. The van der Waals surface area contributed by atoms with Crippen LogP contribution in [0.3, 0.4) is 0 Å². The standard InChI is InChI=1S/C14H15ClN4O/c15-11-3-1-10(2-4-11)5-8-18-14(20)12-9-17-7-6-13(12)19-16/h1-4,6-7,9H,5,8,16H2,(H,17,19)(H,18,20). The molecule has 104 valence electrons. The maximum absolute atomic E-state index is 12.0. The van der Waals surface area contributed by atoms with E-state index < -0.39 is 0 Å². The van der Waals surface area contributed by atoms with Crippen molar-refractivity contribution in [2.45, 2.75) is 6.42 Å². The zero-order chi connectivity index (χ0) is 14.4. The molecule has 2 rings (SSSR count). The number of benzene rings is 1. The number of carbonyl (C=O) groups excluding carboxylic acids is 1. The van der Waals surface area contributed by atoms with Crippen molar-refractivity contribution in [1.82, 2.24) is 10.3 Å². The first-order valence-electron chi connectivity index (χ1n) is 6.14. The van der Waals surface area contributed by atoms with Gasteiger partial charge in [0.05, 0.1) is 11.3 Å². The highest BCUT2D eigenvalue weighted by Crippen LogP contribution is 2.12. The predicted octanol–water partition coefficient (Wildman–Crippen LogP) is 1.99. The van der Waals surface area contributed by atoms with Crippen LogP contribution in [0.2, 0.25) is 5.02 Å². The van der Waals surface area contributed by atoms with Gasteiger partial charge < -0.3 is 10.7 Å². The van der Waals surface area contributed by atoms with Gasteiger partial charge in [-0.3, -0.25) is 15.6 Å². The smallest absolute Gasteiger partial charge is 0.255 e. The van der Waals surface area contributed by atoms with Crippen LogP contribution in [-0.4, -0.2) is 17.4 Å². The highest BCUT2D eigenvalue weighted by atomic mass is 35.5. The Morgan fingerprint density at radius 1 is 1.25 bits per heavy atom. The molecular weight excluding hydrogens is 276 g/mol. The molecule has 0 saturated heterocycles. The van der Waals surface area contributed by atoms with E-state index in [2.05, 4.69) is 15.7 Å². The van der Waals surface area contributed by atoms with Crippen LogP contribution in [0.25, 0.3) is 0 Å². The predicted molar refractivity (Wildman–Crippen MR) is 79.5 cm³/mol. The maximum atomic E-state index is 12.0. The molecule has 0 atom stereocenters. The summed E-state index contributed by atoms with van der Waals surface area (Å²) in [5, 5.41) is 3.53. The lowest BCUT2D eigenvalue weighted by Gasteiger charge is -2.09. The second-order valence-electron chi connectivity index (χ2n) is 4.20. The van der Waals surface area contributed by atoms with Crippen LogP contribution in [-0.2, 0) is 6.42 Å². The van der Waals surface area contributed by atoms with Crippen molar-refractivity contribution in [2.24, 2.45) is 5.84 Å². The van der Waals surface area contributed by atoms with E-state index in [-0.39, 0.29) is 5.91 Å². The zero-order valence-electron chi connectivity index (χ0n) is 10.8. The van der Waals surface area contributed by atoms with Gasteiger partial charge in [-0.1, -0.05) is 23.7 Å². The molecule has 1 amide bonds. The average Bonchev–Trinajstić information content (AvgIpc) is 2.49. The average molecular weight is 291 g/mol. The van der Waals surface area contributed by atoms with Gasteiger partial charge in [0, 0.05) is 24.0 Å². The number of halogens is 1. The van der Waals surface area contributed by atoms with Gasteiger partial charge in [-0.05, 0) is 30.2 Å². The Bertz CT molecular complexity index is 586. The van der Waals surface area contributed by atoms with Crippen LogP contribution in [0.5, 0.6) is 0 Å². The fourth-order valence-corrected chi connectivity index (χ4v) is 1.89. The van der Waals surface area contributed by atoms with E-state index in [1.807, 2.05) is 24.3 Å². The highest BCUT2D eigenvalue weighted by molar-refractivity contribution is 6.30. The number of anilines is 1. The summed E-state index contributed by atoms with van der Waals surface area (Å²) in [4.78, 5) is 15.9. The Balaban J connectivity index is 1.90. The number of pyridine rings is 1. The van der Waals surface area contributed by atoms with Gasteiger partial charge in [0.2, 0.25) is 0 Å². The van der Waals surface area contributed by atoms with E-state index in [0.29, 0.717) is 22.8 Å². The van der Waals surface area contributed by atoms with E-state index in [9.17, 15) is 4.79 Å². The van der Waals surface area contributed by atoms with Gasteiger partial charge in [0.15, 0.2) is 0 Å². The molecule has 6 heteroatoms. The van der Waals surface area contributed by atoms with Crippen LogP contribution >= 0.6 is 11.6 Å². The third-order valence-corrected chi connectivity index (χ3v) is 3.09. The number of hydrogen-bond donors (Lipinski definition) is 3. The first-order chi connectivity index (χ1) is 9.70. The molecule has 0 aliphatic heterocycles. The Kier molecular flexibility index (Phi) is 4.92. The first kappa shape index (κ1) is 14.3. The summed E-state index contributed by atoms with van der Waals surface area (Å²) in [5.74, 6) is 5.14. The lowest BCUT2D eigenvalue weighted by molar-refractivity contribution is 0.0954. The second-order valence-corrected chi connectivity index (χ2v) is 4.63. The fraction of sp³-hybridized carbons (Fsp3) is 0.143. The molecule has 0 unspecified atom stereocenters. The summed E-state index contributed by atoms with van der Waals surface area (Å²) in [7, 11) is 0. The minimum absolute atomic E-state index is 0.208. The third kappa shape index (κ3) is 3.69. The van der Waals surface area contributed by atoms with Gasteiger partial charge in [-0.2, -0.15) is 0 Å². The van der Waals surface area contributed by atoms with Crippen molar-refractivity contribution in [3.8, 4) is 0 Å². The Morgan fingerprint density at radius 3 is 2.70 bits per heavy atom. The monoisotopic (exact) mass is 290 g/mol. The maximum Gasteiger partial charge on any atom is 0.255 e. The minimum Gasteiger partial charge on any atom is -0.352 e. The second kappa shape index (κ2) is 6.88. The van der Waals surface area contributed by atoms with E-state index >= 15 is 0 Å². The number of rotatable bonds is 5. The number of hydrogen-bond acceptors (Lipinski definition) is 4. The third-order valence-electron chi connectivity index (χ3n) is 2.83. The summed E-state index contributed by atoms with van der Waals surface area (Å²) in [6.07, 6.45) is 3.78. The first-order valence-corrected chi connectivity index (χ1v) is 6.52. The molecule has 20 heavy (non-hydrogen) atoms. The van der Waals surface area contributed by atoms with E-state index in [4.69, 9.17) is 17.4 Å². The van der Waals surface area contributed by atoms with Crippen LogP contribution in [0.4, 0.5) is 5.69 Å². The molecule has 0 aliphatic rings. The summed E-state index contributed by atoms with van der Waals surface area (Å²) in [6, 6.07) is 9.18. The van der Waals surface area contributed by atoms with E-state index in [1.54, 1.807) is 12.3 Å². The van der Waals surface area contributed by atoms with E-state index in [0.717, 1.165) is 12.0 Å². The van der Waals surface area contributed by atoms with Crippen LogP contribution in [0, 0.1) is 0 Å². The van der Waals surface area contributed by atoms with Crippen molar-refractivity contribution >= 4 is 23.2 Å². The van der Waals surface area contributed by atoms with E-state index in [1.165, 1.54) is 6.20 Å². The molecule has 0 saturated carbocycles. The number of nitrogens with zero attached hydrogens (tertiary/aromatic N) is 1. The lowest BCUT2D eigenvalue weighted by atomic mass is 10.1. The molecule has 0 radical (unpaired) electrons. The number of amides is 1. The number of nitrogens with two attached hydrogens (primary N) is 1. The van der Waals surface area contributed by atoms with Gasteiger partial charge in [-0.15, -0.1) is 0 Å². The number of hydrazine groups is 1. The van der Waals surface area contributed by atoms with Crippen molar-refractivity contribution in [3.05, 3.63) is 58.9 Å². The summed E-state index contributed by atoms with van der Waals surface area (Å²) in [6.45, 7) is 0.527. The number of aromatic nitrogens is 1. The number of nitrogens with one attached hydrogen (secondary N) is 2. The van der Waals surface area contributed by atoms with Gasteiger partial charge >= 0.3 is 0 Å². The van der Waals surface area contributed by atoms with Gasteiger partial charge in [0.1, 0.15) is 0 Å². The number of nitrogen functional groups attached to an aromatic ring is 1. The summed E-state index contributed by atoms with van der Waals surface area (Å²) >= 11 is 5.81. The minimum atomic E-state index is -0.208. The van der Waals surface area contributed by atoms with Crippen molar-refractivity contribution in [1.29, 1.82) is 0 Å². The quantitative estimate of drug-likeness (QED) is 0.581. The SMILES string of the molecule is NNc1ccncc1C(=O)NCCc1ccc(Cl)cc1. The van der Waals surface area contributed by atoms with Gasteiger partial charge in [-0.25, -0.2) is 0 Å². The largest absolute Gasteiger partial charge is 0.352 e. The molecule has 1 aromatic carbocycles. The normalized spacial score (nSPS) is 10.1. The molecule has 0 fully saturated rings. The molecular formula is C14H15ClN4O. The fourth-order valence-electron chi connectivity index (χ4n) is 1.77. The molecule has 0 spiro atoms. The molecule has 0 aliphatic carbocycles. The van der Waals surface area contributed by atoms with Crippen molar-refractivity contribution < 1.29 is 4.79 Å². The Morgan fingerprint density at radius 2 is 2.00 bits per heavy atom. The van der Waals surface area contributed by atoms with Crippen molar-refractivity contribution in [2.75, 3.05) is 12.0 Å². The lowest BCUT2D eigenvalue weighted by Crippen LogP contribution is -2.27. The molecule has 5 nitrogen and oxygen atoms in total. The molecule has 4 N–H and O–H groups in total. The zero-order valence-corrected chi connectivity index (χ0v) is 11.5. The van der Waals surface area contributed by atoms with Crippen molar-refractivity contribution in [3.63, 3.8) is 0 Å². The molecule has 1 aromatic heterocycles. The number of carbonyl (C=O) groups is 1. The van der Waals surface area contributed by atoms with Crippen LogP contribution < -0.4 is 16.6 Å². The Hall–Kier alpha value is -2.11. The van der Waals surface area contributed by atoms with Gasteiger partial charge in [0.25, 0.3) is 5.91 Å². The topological polar surface area (TPSA) is 80.0 Å². The Labute approximate surface area is 122 Å². The summed E-state index contributed by atoms with van der Waals surface area (Å²) < 4.78 is 0. The molecule has 2 aromatic rings. The van der Waals surface area contributed by atoms with Crippen LogP contribution in [0.1, 0.15) is 15.9 Å². The van der Waals surface area contributed by atoms with Crippen LogP contribution in [0.15, 0.2) is 42.7 Å². The molecule has 0 bridgehead atoms.